The second-order valence-corrected chi connectivity index (χ2v) is 7.43. The Balaban J connectivity index is 0.00000256. The summed E-state index contributed by atoms with van der Waals surface area (Å²) in [5.41, 5.74) is 4.85. The van der Waals surface area contributed by atoms with Crippen molar-refractivity contribution in [3.8, 4) is 11.5 Å². The summed E-state index contributed by atoms with van der Waals surface area (Å²) in [5.74, 6) is 0.394. The molecule has 4 bridgehead atoms. The fourth-order valence-corrected chi connectivity index (χ4v) is 3.22. The zero-order valence-electron chi connectivity index (χ0n) is 18.2. The van der Waals surface area contributed by atoms with Crippen LogP contribution in [0.3, 0.4) is 0 Å². The molecule has 0 aliphatic carbocycles. The van der Waals surface area contributed by atoms with Crippen LogP contribution in [0.1, 0.15) is 46.2 Å². The zero-order valence-corrected chi connectivity index (χ0v) is 20.2. The van der Waals surface area contributed by atoms with E-state index in [0.717, 1.165) is 24.0 Å². The standard InChI is InChI=1S/C24H28N4O2.Cu.Fe/c1-17-9-19-13-25-5-3-7-27-15-21-11-18(2)12-22(24(21)30)16-28-8-4-6-26-14-20(10-17)23(19)29;;/h9-16,29-30H,3-8H2,1-2H3;;. The number of aryl methyl sites for hydroxylation is 2. The van der Waals surface area contributed by atoms with Crippen molar-refractivity contribution in [1.29, 1.82) is 0 Å². The van der Waals surface area contributed by atoms with E-state index in [1.807, 2.05) is 38.1 Å². The maximum atomic E-state index is 10.5. The van der Waals surface area contributed by atoms with Gasteiger partial charge in [-0.1, -0.05) is 0 Å². The molecule has 0 atom stereocenters. The molecule has 0 unspecified atom stereocenters. The molecule has 175 valence electrons. The second-order valence-electron chi connectivity index (χ2n) is 7.43. The smallest absolute Gasteiger partial charge is 0.133 e. The quantitative estimate of drug-likeness (QED) is 0.513. The van der Waals surface area contributed by atoms with E-state index in [2.05, 4.69) is 20.0 Å². The van der Waals surface area contributed by atoms with Crippen LogP contribution in [0.15, 0.2) is 44.2 Å². The molecule has 32 heavy (non-hydrogen) atoms. The molecule has 1 heterocycles. The summed E-state index contributed by atoms with van der Waals surface area (Å²) in [6, 6.07) is 7.64. The van der Waals surface area contributed by atoms with Crippen LogP contribution in [0.4, 0.5) is 0 Å². The first kappa shape index (κ1) is 27.8. The van der Waals surface area contributed by atoms with E-state index in [-0.39, 0.29) is 45.6 Å². The Morgan fingerprint density at radius 2 is 0.812 bits per heavy atom. The van der Waals surface area contributed by atoms with Gasteiger partial charge in [-0.25, -0.2) is 0 Å². The topological polar surface area (TPSA) is 89.9 Å². The summed E-state index contributed by atoms with van der Waals surface area (Å²) < 4.78 is 0. The van der Waals surface area contributed by atoms with Gasteiger partial charge in [-0.2, -0.15) is 0 Å². The van der Waals surface area contributed by atoms with Crippen molar-refractivity contribution in [2.45, 2.75) is 26.7 Å². The fraction of sp³-hybridized carbons (Fsp3) is 0.333. The van der Waals surface area contributed by atoms with Crippen molar-refractivity contribution < 1.29 is 44.4 Å². The van der Waals surface area contributed by atoms with E-state index >= 15 is 0 Å². The molecule has 2 N–H and O–H groups in total. The molecule has 8 heteroatoms. The molecular weight excluding hydrogens is 496 g/mol. The molecule has 2 aromatic carbocycles. The number of aliphatic imine (C=N–C) groups is 4. The van der Waals surface area contributed by atoms with Gasteiger partial charge in [-0.15, -0.1) is 0 Å². The van der Waals surface area contributed by atoms with E-state index in [1.54, 1.807) is 24.9 Å². The fourth-order valence-electron chi connectivity index (χ4n) is 3.22. The summed E-state index contributed by atoms with van der Waals surface area (Å²) in [5, 5.41) is 21.0. The van der Waals surface area contributed by atoms with E-state index < -0.39 is 0 Å². The minimum Gasteiger partial charge on any atom is -0.507 e. The molecule has 3 rings (SSSR count). The van der Waals surface area contributed by atoms with Crippen LogP contribution in [0.5, 0.6) is 11.5 Å². The maximum absolute atomic E-state index is 10.5. The number of rotatable bonds is 0. The molecule has 0 spiro atoms. The summed E-state index contributed by atoms with van der Waals surface area (Å²) >= 11 is 0. The normalized spacial score (nSPS) is 14.3. The second kappa shape index (κ2) is 14.0. The van der Waals surface area contributed by atoms with Gasteiger partial charge < -0.3 is 10.2 Å². The van der Waals surface area contributed by atoms with E-state index in [1.165, 1.54) is 0 Å². The van der Waals surface area contributed by atoms with Crippen molar-refractivity contribution in [2.24, 2.45) is 20.0 Å². The number of nitrogens with zero attached hydrogens (tertiary/aromatic N) is 4. The third kappa shape index (κ3) is 8.03. The van der Waals surface area contributed by atoms with E-state index in [4.69, 9.17) is 0 Å². The van der Waals surface area contributed by atoms with Gasteiger partial charge in [0.1, 0.15) is 11.5 Å². The summed E-state index contributed by atoms with van der Waals surface area (Å²) in [4.78, 5) is 17.7. The van der Waals surface area contributed by atoms with Crippen LogP contribution >= 0.6 is 0 Å². The molecule has 0 saturated heterocycles. The average molecular weight is 524 g/mol. The number of phenolic OH excluding ortho intramolecular Hbond substituents is 2. The molecule has 1 radical (unpaired) electrons. The summed E-state index contributed by atoms with van der Waals surface area (Å²) in [7, 11) is 0. The van der Waals surface area contributed by atoms with Crippen LogP contribution in [0.2, 0.25) is 0 Å². The van der Waals surface area contributed by atoms with Crippen LogP contribution in [0.25, 0.3) is 0 Å². The van der Waals surface area contributed by atoms with Gasteiger partial charge >= 0.3 is 0 Å². The van der Waals surface area contributed by atoms with Crippen LogP contribution in [-0.2, 0) is 34.1 Å². The zero-order chi connectivity index (χ0) is 21.3. The van der Waals surface area contributed by atoms with Gasteiger partial charge in [0.05, 0.1) is 0 Å². The van der Waals surface area contributed by atoms with Crippen LogP contribution < -0.4 is 0 Å². The Morgan fingerprint density at radius 3 is 1.06 bits per heavy atom. The SMILES string of the molecule is Cc1cc2c(O)c(c1)C=NCCCN=Cc1cc(C)cc(c1O)C=NCCCN=C2.[Cu].[Fe]. The van der Waals surface area contributed by atoms with Gasteiger partial charge in [0.2, 0.25) is 0 Å². The Bertz CT molecular complexity index is 868. The first-order valence-corrected chi connectivity index (χ1v) is 10.2. The molecule has 1 aliphatic heterocycles. The number of hydrogen-bond donors (Lipinski definition) is 2. The number of benzene rings is 2. The minimum atomic E-state index is 0. The molecular formula is C24H28CuFeN4O2. The third-order valence-corrected chi connectivity index (χ3v) is 4.70. The largest absolute Gasteiger partial charge is 0.507 e. The van der Waals surface area contributed by atoms with Crippen molar-refractivity contribution in [1.82, 2.24) is 0 Å². The van der Waals surface area contributed by atoms with Crippen molar-refractivity contribution in [2.75, 3.05) is 26.2 Å². The van der Waals surface area contributed by atoms with Crippen molar-refractivity contribution >= 4 is 24.9 Å². The number of aromatic hydroxyl groups is 2. The van der Waals surface area contributed by atoms with Gasteiger partial charge in [-0.05, 0) is 62.1 Å². The molecule has 1 aliphatic rings. The van der Waals surface area contributed by atoms with Gasteiger partial charge in [0.15, 0.2) is 0 Å². The van der Waals surface area contributed by atoms with Crippen molar-refractivity contribution in [3.63, 3.8) is 0 Å². The Labute approximate surface area is 210 Å². The predicted molar refractivity (Wildman–Crippen MR) is 125 cm³/mol. The monoisotopic (exact) mass is 523 g/mol. The molecule has 6 nitrogen and oxygen atoms in total. The Hall–Kier alpha value is -2.24. The molecule has 0 amide bonds. The van der Waals surface area contributed by atoms with Crippen molar-refractivity contribution in [3.05, 3.63) is 57.6 Å². The number of phenols is 2. The van der Waals surface area contributed by atoms with E-state index in [9.17, 15) is 10.2 Å². The predicted octanol–water partition coefficient (Wildman–Crippen LogP) is 3.88. The average Bonchev–Trinajstić information content (AvgIpc) is 2.71. The van der Waals surface area contributed by atoms with Gasteiger partial charge in [-0.3, -0.25) is 20.0 Å². The first-order chi connectivity index (χ1) is 14.5. The first-order valence-electron chi connectivity index (χ1n) is 10.2. The summed E-state index contributed by atoms with van der Waals surface area (Å²) in [6.45, 7) is 6.39. The van der Waals surface area contributed by atoms with Gasteiger partial charge in [0, 0.05) is 107 Å². The molecule has 0 fully saturated rings. The Morgan fingerprint density at radius 1 is 0.562 bits per heavy atom. The van der Waals surface area contributed by atoms with E-state index in [0.29, 0.717) is 48.4 Å². The van der Waals surface area contributed by atoms with Crippen LogP contribution in [-0.4, -0.2) is 61.3 Å². The number of hydrogen-bond acceptors (Lipinski definition) is 6. The third-order valence-electron chi connectivity index (χ3n) is 4.70. The minimum absolute atomic E-state index is 0. The van der Waals surface area contributed by atoms with Crippen LogP contribution in [0, 0.1) is 13.8 Å². The molecule has 2 aromatic rings. The molecule has 0 aromatic heterocycles. The van der Waals surface area contributed by atoms with Gasteiger partial charge in [0.25, 0.3) is 0 Å². The molecule has 0 saturated carbocycles. The number of fused-ring (bicyclic) bond motifs is 4. The Kier molecular flexibility index (Phi) is 12.2. The summed E-state index contributed by atoms with van der Waals surface area (Å²) in [6.07, 6.45) is 8.36. The maximum Gasteiger partial charge on any atom is 0.133 e.